The topological polar surface area (TPSA) is 18.5 Å². The van der Waals surface area contributed by atoms with Crippen LogP contribution in [0.15, 0.2) is 0 Å². The van der Waals surface area contributed by atoms with Gasteiger partial charge in [-0.05, 0) is 0 Å². The number of hydrogen-bond acceptors (Lipinski definition) is 2. The minimum atomic E-state index is 0.0278. The van der Waals surface area contributed by atoms with Crippen LogP contribution < -0.4 is 0 Å². The second-order valence-electron chi connectivity index (χ2n) is 5.49. The highest BCUT2D eigenvalue weighted by Gasteiger charge is 2.42. The normalized spacial score (nSPS) is 18.0. The van der Waals surface area contributed by atoms with E-state index in [0.29, 0.717) is 0 Å². The van der Waals surface area contributed by atoms with Gasteiger partial charge in [-0.2, -0.15) is 0 Å². The molecule has 4 nitrogen and oxygen atoms in total. The predicted octanol–water partition coefficient (Wildman–Crippen LogP) is 0.344. The van der Waals surface area contributed by atoms with Crippen molar-refractivity contribution < 1.29 is 18.4 Å². The zero-order valence-electron chi connectivity index (χ0n) is 10.9. The Morgan fingerprint density at radius 3 is 0.929 bits per heavy atom. The fourth-order valence-corrected chi connectivity index (χ4v) is 1.63. The minimum absolute atomic E-state index is 0.0278. The minimum Gasteiger partial charge on any atom is -0.326 e. The highest BCUT2D eigenvalue weighted by atomic mass is 16.6. The maximum Gasteiger partial charge on any atom is 0.273 e. The van der Waals surface area contributed by atoms with Crippen LogP contribution in [0.2, 0.25) is 0 Å². The molecule has 0 aliphatic heterocycles. The predicted molar refractivity (Wildman–Crippen MR) is 57.7 cm³/mol. The van der Waals surface area contributed by atoms with Crippen LogP contribution in [0.25, 0.3) is 0 Å². The van der Waals surface area contributed by atoms with E-state index < -0.39 is 0 Å². The van der Waals surface area contributed by atoms with Crippen molar-refractivity contribution in [3.8, 4) is 0 Å². The molecule has 0 aromatic heterocycles. The Kier molecular flexibility index (Phi) is 4.52. The number of quaternary nitrogens is 2. The fourth-order valence-electron chi connectivity index (χ4n) is 1.63. The summed E-state index contributed by atoms with van der Waals surface area (Å²) in [4.78, 5) is 0. The Hall–Kier alpha value is -0.160. The Morgan fingerprint density at radius 2 is 0.857 bits per heavy atom. The zero-order chi connectivity index (χ0) is 11.6. The fraction of sp³-hybridized carbons (Fsp3) is 1.00. The van der Waals surface area contributed by atoms with Gasteiger partial charge in [-0.1, -0.05) is 0 Å². The molecule has 0 fully saturated rings. The van der Waals surface area contributed by atoms with Crippen LogP contribution in [0.1, 0.15) is 0 Å². The maximum atomic E-state index is 5.53. The van der Waals surface area contributed by atoms with E-state index in [0.717, 1.165) is 8.97 Å². The summed E-state index contributed by atoms with van der Waals surface area (Å²) in [6.07, 6.45) is 0.0556. The third-order valence-electron chi connectivity index (χ3n) is 2.25. The summed E-state index contributed by atoms with van der Waals surface area (Å²) in [5, 5.41) is 0. The van der Waals surface area contributed by atoms with Gasteiger partial charge < -0.3 is 9.47 Å². The molecule has 0 aromatic carbocycles. The molecule has 0 N–H and O–H groups in total. The number of ether oxygens (including phenoxy) is 2. The first kappa shape index (κ1) is 13.8. The number of methoxy groups -OCH3 is 2. The lowest BCUT2D eigenvalue weighted by Crippen LogP contribution is -2.62. The van der Waals surface area contributed by atoms with Gasteiger partial charge in [0.05, 0.1) is 42.3 Å². The molecule has 0 bridgehead atoms. The van der Waals surface area contributed by atoms with Crippen molar-refractivity contribution in [3.63, 3.8) is 0 Å². The van der Waals surface area contributed by atoms with Crippen LogP contribution >= 0.6 is 0 Å². The first-order valence-electron chi connectivity index (χ1n) is 4.82. The molecule has 0 saturated carbocycles. The molecule has 4 heteroatoms. The van der Waals surface area contributed by atoms with Crippen molar-refractivity contribution in [1.29, 1.82) is 0 Å². The van der Waals surface area contributed by atoms with Gasteiger partial charge in [0.25, 0.3) is 12.5 Å². The number of rotatable bonds is 5. The lowest BCUT2D eigenvalue weighted by Gasteiger charge is -2.42. The molecule has 2 atom stereocenters. The first-order chi connectivity index (χ1) is 6.14. The van der Waals surface area contributed by atoms with E-state index in [2.05, 4.69) is 42.3 Å². The SMILES string of the molecule is CO[C@@H]([C@H](OC)[N+](C)(C)C)[N+](C)(C)C. The van der Waals surface area contributed by atoms with E-state index in [9.17, 15) is 0 Å². The zero-order valence-corrected chi connectivity index (χ0v) is 10.9. The summed E-state index contributed by atoms with van der Waals surface area (Å²) in [7, 11) is 16.1. The van der Waals surface area contributed by atoms with Gasteiger partial charge in [0.15, 0.2) is 0 Å². The summed E-state index contributed by atoms with van der Waals surface area (Å²) in [6, 6.07) is 0. The van der Waals surface area contributed by atoms with Crippen molar-refractivity contribution in [1.82, 2.24) is 0 Å². The van der Waals surface area contributed by atoms with Crippen LogP contribution in [-0.2, 0) is 9.47 Å². The number of hydrogen-bond donors (Lipinski definition) is 0. The Labute approximate surface area is 88.2 Å². The third kappa shape index (κ3) is 3.53. The summed E-state index contributed by atoms with van der Waals surface area (Å²) < 4.78 is 12.5. The smallest absolute Gasteiger partial charge is 0.273 e. The van der Waals surface area contributed by atoms with Crippen molar-refractivity contribution in [2.75, 3.05) is 56.5 Å². The molecule has 0 aliphatic rings. The van der Waals surface area contributed by atoms with Crippen LogP contribution in [0.3, 0.4) is 0 Å². The van der Waals surface area contributed by atoms with Crippen molar-refractivity contribution >= 4 is 0 Å². The lowest BCUT2D eigenvalue weighted by molar-refractivity contribution is -0.997. The van der Waals surface area contributed by atoms with Gasteiger partial charge in [-0.3, -0.25) is 8.97 Å². The number of nitrogens with zero attached hydrogens (tertiary/aromatic N) is 2. The highest BCUT2D eigenvalue weighted by Crippen LogP contribution is 2.17. The van der Waals surface area contributed by atoms with E-state index in [4.69, 9.17) is 9.47 Å². The first-order valence-corrected chi connectivity index (χ1v) is 4.82. The van der Waals surface area contributed by atoms with Gasteiger partial charge in [0.1, 0.15) is 0 Å². The van der Waals surface area contributed by atoms with E-state index in [1.54, 1.807) is 14.2 Å². The summed E-state index contributed by atoms with van der Waals surface area (Å²) in [6.45, 7) is 0. The number of likely N-dealkylation sites (N-methyl/N-ethyl adjacent to an activating group) is 2. The molecular formula is C10H26N2O2+2. The van der Waals surface area contributed by atoms with E-state index in [1.165, 1.54) is 0 Å². The van der Waals surface area contributed by atoms with Crippen LogP contribution in [0, 0.1) is 0 Å². The molecule has 0 aromatic rings. The molecular weight excluding hydrogens is 180 g/mol. The van der Waals surface area contributed by atoms with Crippen molar-refractivity contribution in [2.24, 2.45) is 0 Å². The van der Waals surface area contributed by atoms with Gasteiger partial charge >= 0.3 is 0 Å². The molecule has 0 rings (SSSR count). The summed E-state index contributed by atoms with van der Waals surface area (Å²) in [5.74, 6) is 0. The molecule has 0 spiro atoms. The van der Waals surface area contributed by atoms with E-state index in [1.807, 2.05) is 0 Å². The molecule has 0 radical (unpaired) electrons. The molecule has 14 heavy (non-hydrogen) atoms. The Balaban J connectivity index is 4.81. The molecule has 86 valence electrons. The van der Waals surface area contributed by atoms with Gasteiger partial charge in [0, 0.05) is 14.2 Å². The van der Waals surface area contributed by atoms with Gasteiger partial charge in [-0.25, -0.2) is 0 Å². The Bertz CT molecular complexity index is 150. The average molecular weight is 206 g/mol. The second-order valence-corrected chi connectivity index (χ2v) is 5.49. The molecule has 0 aliphatic carbocycles. The molecule has 0 unspecified atom stereocenters. The third-order valence-corrected chi connectivity index (χ3v) is 2.25. The van der Waals surface area contributed by atoms with Crippen LogP contribution in [0.4, 0.5) is 0 Å². The highest BCUT2D eigenvalue weighted by molar-refractivity contribution is 4.49. The van der Waals surface area contributed by atoms with E-state index >= 15 is 0 Å². The standard InChI is InChI=1S/C10H26N2O2/c1-11(2,3)9(13-7)10(14-8)12(4,5)6/h9-10H,1-8H3/q+2/t9-,10-/m0/s1. The van der Waals surface area contributed by atoms with Crippen molar-refractivity contribution in [2.45, 2.75) is 12.5 Å². The second kappa shape index (κ2) is 4.57. The monoisotopic (exact) mass is 206 g/mol. The lowest BCUT2D eigenvalue weighted by atomic mass is 10.3. The average Bonchev–Trinajstić information content (AvgIpc) is 1.94. The molecule has 0 amide bonds. The quantitative estimate of drug-likeness (QED) is 0.477. The van der Waals surface area contributed by atoms with E-state index in [-0.39, 0.29) is 12.5 Å². The van der Waals surface area contributed by atoms with Crippen LogP contribution in [0.5, 0.6) is 0 Å². The summed E-state index contributed by atoms with van der Waals surface area (Å²) in [5.41, 5.74) is 0. The summed E-state index contributed by atoms with van der Waals surface area (Å²) >= 11 is 0. The maximum absolute atomic E-state index is 5.53. The van der Waals surface area contributed by atoms with Gasteiger partial charge in [-0.15, -0.1) is 0 Å². The van der Waals surface area contributed by atoms with Crippen molar-refractivity contribution in [3.05, 3.63) is 0 Å². The molecule has 0 heterocycles. The van der Waals surface area contributed by atoms with Gasteiger partial charge in [0.2, 0.25) is 0 Å². The van der Waals surface area contributed by atoms with Crippen LogP contribution in [-0.4, -0.2) is 77.9 Å². The molecule has 0 saturated heterocycles. The largest absolute Gasteiger partial charge is 0.326 e. The Morgan fingerprint density at radius 1 is 0.643 bits per heavy atom.